The molecule has 1 aliphatic heterocycles. The SMILES string of the molecule is COc1cc(O)c(C2CC(C(=O)O)CN2)c(Cl)c1OC. The van der Waals surface area contributed by atoms with Gasteiger partial charge in [-0.2, -0.15) is 0 Å². The Labute approximate surface area is 121 Å². The number of aromatic hydroxyl groups is 1. The van der Waals surface area contributed by atoms with Crippen LogP contribution in [0.5, 0.6) is 17.2 Å². The van der Waals surface area contributed by atoms with Crippen molar-refractivity contribution in [3.05, 3.63) is 16.7 Å². The van der Waals surface area contributed by atoms with Crippen LogP contribution < -0.4 is 14.8 Å². The lowest BCUT2D eigenvalue weighted by atomic mass is 9.98. The van der Waals surface area contributed by atoms with Crippen molar-refractivity contribution in [1.29, 1.82) is 0 Å². The number of aliphatic carboxylic acids is 1. The van der Waals surface area contributed by atoms with Crippen LogP contribution >= 0.6 is 11.6 Å². The van der Waals surface area contributed by atoms with E-state index in [4.69, 9.17) is 26.2 Å². The fourth-order valence-corrected chi connectivity index (χ4v) is 2.83. The highest BCUT2D eigenvalue weighted by atomic mass is 35.5. The van der Waals surface area contributed by atoms with Crippen molar-refractivity contribution in [1.82, 2.24) is 5.32 Å². The molecule has 6 nitrogen and oxygen atoms in total. The van der Waals surface area contributed by atoms with Gasteiger partial charge in [0.05, 0.1) is 25.2 Å². The first kappa shape index (κ1) is 14.7. The molecule has 0 amide bonds. The summed E-state index contributed by atoms with van der Waals surface area (Å²) in [5.74, 6) is -0.759. The van der Waals surface area contributed by atoms with E-state index in [-0.39, 0.29) is 16.8 Å². The van der Waals surface area contributed by atoms with Gasteiger partial charge in [0.2, 0.25) is 0 Å². The molecule has 1 aromatic carbocycles. The minimum absolute atomic E-state index is 0.0452. The highest BCUT2D eigenvalue weighted by molar-refractivity contribution is 6.33. The summed E-state index contributed by atoms with van der Waals surface area (Å²) in [4.78, 5) is 11.0. The number of hydrogen-bond acceptors (Lipinski definition) is 5. The van der Waals surface area contributed by atoms with Crippen molar-refractivity contribution in [2.45, 2.75) is 12.5 Å². The number of hydrogen-bond donors (Lipinski definition) is 3. The zero-order valence-corrected chi connectivity index (χ0v) is 11.9. The van der Waals surface area contributed by atoms with Crippen molar-refractivity contribution in [2.24, 2.45) is 5.92 Å². The molecule has 1 aromatic rings. The first-order valence-corrected chi connectivity index (χ1v) is 6.46. The van der Waals surface area contributed by atoms with Gasteiger partial charge in [-0.05, 0) is 6.42 Å². The summed E-state index contributed by atoms with van der Waals surface area (Å²) < 4.78 is 10.3. The average molecular weight is 302 g/mol. The van der Waals surface area contributed by atoms with E-state index in [0.717, 1.165) is 0 Å². The Hall–Kier alpha value is -1.66. The predicted octanol–water partition coefficient (Wildman–Crippen LogP) is 1.80. The van der Waals surface area contributed by atoms with Gasteiger partial charge in [0.1, 0.15) is 5.75 Å². The van der Waals surface area contributed by atoms with Crippen LogP contribution in [0, 0.1) is 5.92 Å². The maximum atomic E-state index is 11.0. The molecule has 1 saturated heterocycles. The van der Waals surface area contributed by atoms with Crippen molar-refractivity contribution in [2.75, 3.05) is 20.8 Å². The average Bonchev–Trinajstić information content (AvgIpc) is 2.87. The first-order chi connectivity index (χ1) is 9.49. The highest BCUT2D eigenvalue weighted by Crippen LogP contribution is 2.46. The molecule has 0 saturated carbocycles. The Morgan fingerprint density at radius 2 is 2.15 bits per heavy atom. The molecule has 0 aliphatic carbocycles. The van der Waals surface area contributed by atoms with Gasteiger partial charge in [0.25, 0.3) is 0 Å². The van der Waals surface area contributed by atoms with Crippen molar-refractivity contribution < 1.29 is 24.5 Å². The zero-order chi connectivity index (χ0) is 14.9. The number of rotatable bonds is 4. The quantitative estimate of drug-likeness (QED) is 0.786. The Bertz CT molecular complexity index is 534. The number of phenolic OH excluding ortho intramolecular Hbond substituents is 1. The van der Waals surface area contributed by atoms with Gasteiger partial charge in [-0.25, -0.2) is 0 Å². The second-order valence-electron chi connectivity index (χ2n) is 4.59. The Kier molecular flexibility index (Phi) is 4.25. The number of phenols is 1. The fraction of sp³-hybridized carbons (Fsp3) is 0.462. The van der Waals surface area contributed by atoms with E-state index in [1.807, 2.05) is 0 Å². The van der Waals surface area contributed by atoms with Crippen molar-refractivity contribution >= 4 is 17.6 Å². The van der Waals surface area contributed by atoms with Crippen LogP contribution in [0.1, 0.15) is 18.0 Å². The molecular formula is C13H16ClNO5. The molecule has 2 atom stereocenters. The fourth-order valence-electron chi connectivity index (χ4n) is 2.43. The minimum Gasteiger partial charge on any atom is -0.507 e. The number of methoxy groups -OCH3 is 2. The Morgan fingerprint density at radius 1 is 1.45 bits per heavy atom. The topological polar surface area (TPSA) is 88.0 Å². The number of ether oxygens (including phenoxy) is 2. The van der Waals surface area contributed by atoms with E-state index in [9.17, 15) is 9.90 Å². The van der Waals surface area contributed by atoms with Gasteiger partial charge >= 0.3 is 5.97 Å². The largest absolute Gasteiger partial charge is 0.507 e. The predicted molar refractivity (Wildman–Crippen MR) is 72.7 cm³/mol. The highest BCUT2D eigenvalue weighted by Gasteiger charge is 2.34. The zero-order valence-electron chi connectivity index (χ0n) is 11.1. The second kappa shape index (κ2) is 5.76. The molecule has 1 aliphatic rings. The van der Waals surface area contributed by atoms with Crippen LogP contribution in [0.25, 0.3) is 0 Å². The molecule has 0 bridgehead atoms. The molecule has 7 heteroatoms. The molecule has 2 unspecified atom stereocenters. The van der Waals surface area contributed by atoms with E-state index in [1.54, 1.807) is 0 Å². The number of nitrogens with one attached hydrogen (secondary N) is 1. The molecular weight excluding hydrogens is 286 g/mol. The summed E-state index contributed by atoms with van der Waals surface area (Å²) in [6, 6.07) is 1.08. The number of carboxylic acid groups (broad SMARTS) is 1. The summed E-state index contributed by atoms with van der Waals surface area (Å²) in [5, 5.41) is 22.4. The molecule has 0 aromatic heterocycles. The number of benzene rings is 1. The van der Waals surface area contributed by atoms with Gasteiger partial charge in [-0.3, -0.25) is 4.79 Å². The Balaban J connectivity index is 2.40. The lowest BCUT2D eigenvalue weighted by Crippen LogP contribution is -2.17. The van der Waals surface area contributed by atoms with Crippen LogP contribution in [0.15, 0.2) is 6.07 Å². The molecule has 1 heterocycles. The molecule has 0 radical (unpaired) electrons. The van der Waals surface area contributed by atoms with E-state index in [1.165, 1.54) is 20.3 Å². The molecule has 3 N–H and O–H groups in total. The lowest BCUT2D eigenvalue weighted by molar-refractivity contribution is -0.141. The number of halogens is 1. The number of carboxylic acids is 1. The monoisotopic (exact) mass is 301 g/mol. The molecule has 20 heavy (non-hydrogen) atoms. The first-order valence-electron chi connectivity index (χ1n) is 6.09. The van der Waals surface area contributed by atoms with Gasteiger partial charge in [0, 0.05) is 24.2 Å². The third kappa shape index (κ3) is 2.48. The van der Waals surface area contributed by atoms with Crippen LogP contribution in [-0.2, 0) is 4.79 Å². The smallest absolute Gasteiger partial charge is 0.307 e. The summed E-state index contributed by atoms with van der Waals surface area (Å²) in [7, 11) is 2.90. The van der Waals surface area contributed by atoms with Gasteiger partial charge in [-0.15, -0.1) is 0 Å². The number of carbonyl (C=O) groups is 1. The van der Waals surface area contributed by atoms with Crippen LogP contribution in [0.2, 0.25) is 5.02 Å². The molecule has 0 spiro atoms. The summed E-state index contributed by atoms with van der Waals surface area (Å²) in [6.07, 6.45) is 0.359. The Morgan fingerprint density at radius 3 is 2.65 bits per heavy atom. The maximum Gasteiger partial charge on any atom is 0.307 e. The van der Waals surface area contributed by atoms with Crippen molar-refractivity contribution in [3.8, 4) is 17.2 Å². The minimum atomic E-state index is -0.865. The summed E-state index contributed by atoms with van der Waals surface area (Å²) >= 11 is 6.25. The van der Waals surface area contributed by atoms with Gasteiger partial charge in [-0.1, -0.05) is 11.6 Å². The summed E-state index contributed by atoms with van der Waals surface area (Å²) in [5.41, 5.74) is 0.438. The standard InChI is InChI=1S/C13H16ClNO5/c1-19-9-4-8(16)10(11(14)12(9)20-2)7-3-6(5-15-7)13(17)18/h4,6-7,15-16H,3,5H2,1-2H3,(H,17,18). The third-order valence-corrected chi connectivity index (χ3v) is 3.83. The van der Waals surface area contributed by atoms with E-state index in [2.05, 4.69) is 5.32 Å². The second-order valence-corrected chi connectivity index (χ2v) is 4.97. The van der Waals surface area contributed by atoms with Crippen molar-refractivity contribution in [3.63, 3.8) is 0 Å². The van der Waals surface area contributed by atoms with Crippen LogP contribution in [0.3, 0.4) is 0 Å². The van der Waals surface area contributed by atoms with E-state index >= 15 is 0 Å². The van der Waals surface area contributed by atoms with Crippen LogP contribution in [0.4, 0.5) is 0 Å². The third-order valence-electron chi connectivity index (χ3n) is 3.46. The molecule has 110 valence electrons. The van der Waals surface area contributed by atoms with Gasteiger partial charge < -0.3 is 25.0 Å². The van der Waals surface area contributed by atoms with E-state index < -0.39 is 11.9 Å². The maximum absolute atomic E-state index is 11.0. The molecule has 2 rings (SSSR count). The van der Waals surface area contributed by atoms with E-state index in [0.29, 0.717) is 30.0 Å². The molecule has 1 fully saturated rings. The van der Waals surface area contributed by atoms with Gasteiger partial charge in [0.15, 0.2) is 11.5 Å². The summed E-state index contributed by atoms with van der Waals surface area (Å²) in [6.45, 7) is 0.337. The normalized spacial score (nSPS) is 21.8. The lowest BCUT2D eigenvalue weighted by Gasteiger charge is -2.18. The van der Waals surface area contributed by atoms with Crippen LogP contribution in [-0.4, -0.2) is 36.9 Å².